The van der Waals surface area contributed by atoms with Crippen LogP contribution in [0, 0.1) is 0 Å². The topological polar surface area (TPSA) is 0 Å². The summed E-state index contributed by atoms with van der Waals surface area (Å²) in [5, 5.41) is 0. The van der Waals surface area contributed by atoms with Gasteiger partial charge in [-0.15, -0.1) is 0 Å². The average Bonchev–Trinajstić information content (AvgIpc) is 2.93. The normalized spacial score (nSPS) is 12.0. The zero-order chi connectivity index (χ0) is 28.5. The molecule has 0 aromatic heterocycles. The standard InChI is InChI=1S/C38H80N/c1-5-7-8-9-10-11-12-13-14-15-16-17-18-19-20-21-22-23-24-25-26-27-28-29-30-31-32-33-34-35-36-37-38-39(3,4)6-2/h5-38H2,1-4H3/q+1. The maximum Gasteiger partial charge on any atom is 0.0782 e. The summed E-state index contributed by atoms with van der Waals surface area (Å²) >= 11 is 0. The maximum atomic E-state index is 2.36. The number of hydrogen-bond donors (Lipinski definition) is 0. The fraction of sp³-hybridized carbons (Fsp3) is 1.00. The van der Waals surface area contributed by atoms with Crippen molar-refractivity contribution in [3.63, 3.8) is 0 Å². The van der Waals surface area contributed by atoms with Crippen molar-refractivity contribution in [1.29, 1.82) is 0 Å². The second-order valence-corrected chi connectivity index (χ2v) is 13.9. The Labute approximate surface area is 250 Å². The molecule has 0 aliphatic rings. The minimum Gasteiger partial charge on any atom is -0.329 e. The highest BCUT2D eigenvalue weighted by Gasteiger charge is 2.09. The summed E-state index contributed by atoms with van der Waals surface area (Å²) in [6.45, 7) is 7.24. The molecule has 0 saturated heterocycles. The van der Waals surface area contributed by atoms with Gasteiger partial charge >= 0.3 is 0 Å². The van der Waals surface area contributed by atoms with Gasteiger partial charge in [0.15, 0.2) is 0 Å². The van der Waals surface area contributed by atoms with E-state index in [-0.39, 0.29) is 0 Å². The molecule has 0 N–H and O–H groups in total. The van der Waals surface area contributed by atoms with Gasteiger partial charge in [0.05, 0.1) is 27.2 Å². The molecule has 0 bridgehead atoms. The van der Waals surface area contributed by atoms with Crippen LogP contribution in [0.5, 0.6) is 0 Å². The van der Waals surface area contributed by atoms with Gasteiger partial charge in [0.2, 0.25) is 0 Å². The maximum absolute atomic E-state index is 2.36. The van der Waals surface area contributed by atoms with Crippen LogP contribution in [0.3, 0.4) is 0 Å². The van der Waals surface area contributed by atoms with E-state index in [0.29, 0.717) is 0 Å². The lowest BCUT2D eigenvalue weighted by atomic mass is 10.0. The van der Waals surface area contributed by atoms with Gasteiger partial charge in [-0.25, -0.2) is 0 Å². The van der Waals surface area contributed by atoms with Gasteiger partial charge in [-0.3, -0.25) is 0 Å². The molecule has 0 rings (SSSR count). The predicted molar refractivity (Wildman–Crippen MR) is 181 cm³/mol. The zero-order valence-corrected chi connectivity index (χ0v) is 28.5. The second kappa shape index (κ2) is 32.5. The van der Waals surface area contributed by atoms with Gasteiger partial charge in [0, 0.05) is 0 Å². The van der Waals surface area contributed by atoms with Crippen molar-refractivity contribution in [2.24, 2.45) is 0 Å². The lowest BCUT2D eigenvalue weighted by Gasteiger charge is -2.28. The molecular formula is C38H80N+. The fourth-order valence-corrected chi connectivity index (χ4v) is 6.07. The van der Waals surface area contributed by atoms with Crippen LogP contribution >= 0.6 is 0 Å². The van der Waals surface area contributed by atoms with Gasteiger partial charge < -0.3 is 4.48 Å². The predicted octanol–water partition coefficient (Wildman–Crippen LogP) is 13.6. The SMILES string of the molecule is CCCCCCCCCCCCCCCCCCCCCCCCCCCCCCCCCC[N+](C)(C)CC. The Hall–Kier alpha value is -0.0400. The molecule has 0 aliphatic heterocycles. The first-order chi connectivity index (χ1) is 19.1. The Kier molecular flexibility index (Phi) is 32.4. The van der Waals surface area contributed by atoms with E-state index in [1.807, 2.05) is 0 Å². The summed E-state index contributed by atoms with van der Waals surface area (Å²) in [4.78, 5) is 0. The number of nitrogens with zero attached hydrogens (tertiary/aromatic N) is 1. The van der Waals surface area contributed by atoms with Crippen molar-refractivity contribution in [2.45, 2.75) is 219 Å². The number of unbranched alkanes of at least 4 members (excludes halogenated alkanes) is 31. The Morgan fingerprint density at radius 1 is 0.256 bits per heavy atom. The van der Waals surface area contributed by atoms with Crippen LogP contribution in [0.25, 0.3) is 0 Å². The molecule has 0 fully saturated rings. The lowest BCUT2D eigenvalue weighted by molar-refractivity contribution is -0.888. The summed E-state index contributed by atoms with van der Waals surface area (Å²) in [6, 6.07) is 0. The molecule has 0 atom stereocenters. The number of quaternary nitrogens is 1. The molecule has 0 radical (unpaired) electrons. The van der Waals surface area contributed by atoms with E-state index in [1.165, 1.54) is 223 Å². The second-order valence-electron chi connectivity index (χ2n) is 13.9. The first kappa shape index (κ1) is 39.0. The first-order valence-electron chi connectivity index (χ1n) is 18.9. The van der Waals surface area contributed by atoms with Crippen LogP contribution in [0.15, 0.2) is 0 Å². The van der Waals surface area contributed by atoms with Crippen molar-refractivity contribution >= 4 is 0 Å². The van der Waals surface area contributed by atoms with Crippen molar-refractivity contribution in [3.8, 4) is 0 Å². The van der Waals surface area contributed by atoms with Gasteiger partial charge in [-0.2, -0.15) is 0 Å². The highest BCUT2D eigenvalue weighted by atomic mass is 15.3. The molecule has 1 nitrogen and oxygen atoms in total. The highest BCUT2D eigenvalue weighted by Crippen LogP contribution is 2.17. The average molecular weight is 551 g/mol. The smallest absolute Gasteiger partial charge is 0.0782 e. The first-order valence-corrected chi connectivity index (χ1v) is 18.9. The summed E-state index contributed by atoms with van der Waals surface area (Å²) in [7, 11) is 4.73. The summed E-state index contributed by atoms with van der Waals surface area (Å²) in [5.74, 6) is 0. The van der Waals surface area contributed by atoms with Crippen molar-refractivity contribution < 1.29 is 4.48 Å². The van der Waals surface area contributed by atoms with Gasteiger partial charge in [0.25, 0.3) is 0 Å². The molecule has 236 valence electrons. The van der Waals surface area contributed by atoms with Crippen LogP contribution in [-0.2, 0) is 0 Å². The van der Waals surface area contributed by atoms with Crippen molar-refractivity contribution in [1.82, 2.24) is 0 Å². The lowest BCUT2D eigenvalue weighted by Crippen LogP contribution is -2.39. The molecule has 0 aromatic rings. The summed E-state index contributed by atoms with van der Waals surface area (Å²) in [6.07, 6.45) is 47.3. The van der Waals surface area contributed by atoms with E-state index in [0.717, 1.165) is 0 Å². The van der Waals surface area contributed by atoms with E-state index < -0.39 is 0 Å². The third-order valence-corrected chi connectivity index (χ3v) is 9.47. The Morgan fingerprint density at radius 3 is 0.615 bits per heavy atom. The van der Waals surface area contributed by atoms with E-state index in [9.17, 15) is 0 Å². The van der Waals surface area contributed by atoms with Gasteiger partial charge in [-0.1, -0.05) is 200 Å². The van der Waals surface area contributed by atoms with Crippen molar-refractivity contribution in [3.05, 3.63) is 0 Å². The number of rotatable bonds is 34. The molecule has 0 aliphatic carbocycles. The largest absolute Gasteiger partial charge is 0.329 e. The summed E-state index contributed by atoms with van der Waals surface area (Å²) in [5.41, 5.74) is 0. The van der Waals surface area contributed by atoms with Crippen LogP contribution in [0.1, 0.15) is 219 Å². The minimum absolute atomic E-state index is 1.19. The molecule has 0 aromatic carbocycles. The molecule has 0 amide bonds. The fourth-order valence-electron chi connectivity index (χ4n) is 6.07. The Bertz CT molecular complexity index is 428. The quantitative estimate of drug-likeness (QED) is 0.0552. The highest BCUT2D eigenvalue weighted by molar-refractivity contribution is 4.52. The van der Waals surface area contributed by atoms with Gasteiger partial charge in [-0.05, 0) is 19.8 Å². The van der Waals surface area contributed by atoms with E-state index in [2.05, 4.69) is 27.9 Å². The molecular weight excluding hydrogens is 470 g/mol. The van der Waals surface area contributed by atoms with E-state index >= 15 is 0 Å². The van der Waals surface area contributed by atoms with E-state index in [1.54, 1.807) is 0 Å². The molecule has 0 spiro atoms. The van der Waals surface area contributed by atoms with E-state index in [4.69, 9.17) is 0 Å². The third kappa shape index (κ3) is 34.1. The number of hydrogen-bond acceptors (Lipinski definition) is 0. The third-order valence-electron chi connectivity index (χ3n) is 9.47. The molecule has 0 heterocycles. The Balaban J connectivity index is 3.06. The van der Waals surface area contributed by atoms with Crippen LogP contribution < -0.4 is 0 Å². The molecule has 1 heteroatoms. The molecule has 0 unspecified atom stereocenters. The van der Waals surface area contributed by atoms with Crippen LogP contribution in [-0.4, -0.2) is 31.7 Å². The van der Waals surface area contributed by atoms with Crippen LogP contribution in [0.2, 0.25) is 0 Å². The Morgan fingerprint density at radius 2 is 0.436 bits per heavy atom. The molecule has 39 heavy (non-hydrogen) atoms. The molecule has 0 saturated carbocycles. The van der Waals surface area contributed by atoms with Gasteiger partial charge in [0.1, 0.15) is 0 Å². The summed E-state index contributed by atoms with van der Waals surface area (Å²) < 4.78 is 1.19. The van der Waals surface area contributed by atoms with Crippen LogP contribution in [0.4, 0.5) is 0 Å². The van der Waals surface area contributed by atoms with Crippen molar-refractivity contribution in [2.75, 3.05) is 27.2 Å². The zero-order valence-electron chi connectivity index (χ0n) is 28.5. The minimum atomic E-state index is 1.19. The monoisotopic (exact) mass is 551 g/mol.